The highest BCUT2D eigenvalue weighted by Crippen LogP contribution is 2.11. The van der Waals surface area contributed by atoms with Gasteiger partial charge < -0.3 is 15.4 Å². The topological polar surface area (TPSA) is 67.4 Å². The van der Waals surface area contributed by atoms with E-state index in [0.29, 0.717) is 18.7 Å². The molecule has 1 aliphatic rings. The molecule has 2 amide bonds. The van der Waals surface area contributed by atoms with E-state index in [9.17, 15) is 9.59 Å². The molecule has 0 radical (unpaired) electrons. The monoisotopic (exact) mass is 262 g/mol. The maximum absolute atomic E-state index is 11.9. The summed E-state index contributed by atoms with van der Waals surface area (Å²) in [6.07, 6.45) is 0.928. The first-order chi connectivity index (χ1) is 9.16. The summed E-state index contributed by atoms with van der Waals surface area (Å²) >= 11 is 0. The van der Waals surface area contributed by atoms with E-state index in [0.717, 1.165) is 6.42 Å². The quantitative estimate of drug-likeness (QED) is 0.845. The number of para-hydroxylation sites is 1. The molecule has 19 heavy (non-hydrogen) atoms. The van der Waals surface area contributed by atoms with Gasteiger partial charge >= 0.3 is 0 Å². The van der Waals surface area contributed by atoms with Crippen LogP contribution in [0.25, 0.3) is 0 Å². The average molecular weight is 262 g/mol. The molecule has 1 aliphatic heterocycles. The normalized spacial score (nSPS) is 20.3. The Bertz CT molecular complexity index is 447. The zero-order chi connectivity index (χ0) is 13.7. The number of hydrogen-bond donors (Lipinski definition) is 2. The summed E-state index contributed by atoms with van der Waals surface area (Å²) in [5, 5.41) is 5.44. The smallest absolute Gasteiger partial charge is 0.261 e. The lowest BCUT2D eigenvalue weighted by Gasteiger charge is -2.24. The number of carbonyl (C=O) groups is 2. The van der Waals surface area contributed by atoms with Crippen LogP contribution >= 0.6 is 0 Å². The minimum absolute atomic E-state index is 0.119. The molecule has 102 valence electrons. The fourth-order valence-electron chi connectivity index (χ4n) is 1.96. The third kappa shape index (κ3) is 3.71. The number of rotatable bonds is 4. The average Bonchev–Trinajstić information content (AvgIpc) is 2.42. The predicted molar refractivity (Wildman–Crippen MR) is 70.7 cm³/mol. The molecule has 2 N–H and O–H groups in total. The van der Waals surface area contributed by atoms with Crippen molar-refractivity contribution in [3.8, 4) is 5.75 Å². The first kappa shape index (κ1) is 13.4. The number of piperidine rings is 1. The van der Waals surface area contributed by atoms with Gasteiger partial charge in [0.2, 0.25) is 5.91 Å². The minimum Gasteiger partial charge on any atom is -0.481 e. The van der Waals surface area contributed by atoms with Crippen molar-refractivity contribution < 1.29 is 14.3 Å². The fraction of sp³-hybridized carbons (Fsp3) is 0.429. The SMILES string of the molecule is C[C@@H](Oc1ccccc1)C(=O)N[C@H]1CCCNC1=O. The Hall–Kier alpha value is -2.04. The van der Waals surface area contributed by atoms with Crippen molar-refractivity contribution >= 4 is 11.8 Å². The van der Waals surface area contributed by atoms with Gasteiger partial charge in [0.05, 0.1) is 0 Å². The van der Waals surface area contributed by atoms with Crippen molar-refractivity contribution in [2.24, 2.45) is 0 Å². The molecule has 1 fully saturated rings. The van der Waals surface area contributed by atoms with Gasteiger partial charge in [0, 0.05) is 6.54 Å². The summed E-state index contributed by atoms with van der Waals surface area (Å²) < 4.78 is 5.51. The lowest BCUT2D eigenvalue weighted by molar-refractivity contribution is -0.133. The number of ether oxygens (including phenoxy) is 1. The van der Waals surface area contributed by atoms with Crippen molar-refractivity contribution in [3.63, 3.8) is 0 Å². The lowest BCUT2D eigenvalue weighted by Crippen LogP contribution is -2.52. The van der Waals surface area contributed by atoms with E-state index in [2.05, 4.69) is 10.6 Å². The van der Waals surface area contributed by atoms with Gasteiger partial charge in [-0.1, -0.05) is 18.2 Å². The van der Waals surface area contributed by atoms with Crippen LogP contribution in [0.4, 0.5) is 0 Å². The Morgan fingerprint density at radius 1 is 1.42 bits per heavy atom. The third-order valence-electron chi connectivity index (χ3n) is 3.03. The van der Waals surface area contributed by atoms with Gasteiger partial charge in [-0.15, -0.1) is 0 Å². The maximum Gasteiger partial charge on any atom is 0.261 e. The summed E-state index contributed by atoms with van der Waals surface area (Å²) in [6, 6.07) is 8.70. The summed E-state index contributed by atoms with van der Waals surface area (Å²) in [6.45, 7) is 2.35. The molecule has 1 saturated heterocycles. The number of carbonyl (C=O) groups excluding carboxylic acids is 2. The second-order valence-corrected chi connectivity index (χ2v) is 4.57. The van der Waals surface area contributed by atoms with Gasteiger partial charge in [-0.25, -0.2) is 0 Å². The molecule has 0 aliphatic carbocycles. The molecule has 0 saturated carbocycles. The second-order valence-electron chi connectivity index (χ2n) is 4.57. The predicted octanol–water partition coefficient (Wildman–Crippen LogP) is 0.849. The summed E-state index contributed by atoms with van der Waals surface area (Å²) in [4.78, 5) is 23.5. The van der Waals surface area contributed by atoms with Gasteiger partial charge in [0.15, 0.2) is 6.10 Å². The lowest BCUT2D eigenvalue weighted by atomic mass is 10.1. The number of amides is 2. The molecule has 2 atom stereocenters. The highest BCUT2D eigenvalue weighted by atomic mass is 16.5. The Morgan fingerprint density at radius 3 is 2.84 bits per heavy atom. The summed E-state index contributed by atoms with van der Waals surface area (Å²) in [5.74, 6) is 0.246. The molecule has 2 rings (SSSR count). The highest BCUT2D eigenvalue weighted by molar-refractivity contribution is 5.89. The largest absolute Gasteiger partial charge is 0.481 e. The number of hydrogen-bond acceptors (Lipinski definition) is 3. The molecule has 5 heteroatoms. The zero-order valence-electron chi connectivity index (χ0n) is 10.9. The van der Waals surface area contributed by atoms with Crippen LogP contribution in [-0.4, -0.2) is 30.5 Å². The first-order valence-electron chi connectivity index (χ1n) is 6.46. The fourth-order valence-corrected chi connectivity index (χ4v) is 1.96. The molecule has 1 aromatic carbocycles. The van der Waals surface area contributed by atoms with Crippen LogP contribution in [0.3, 0.4) is 0 Å². The standard InChI is InChI=1S/C14H18N2O3/c1-10(19-11-6-3-2-4-7-11)13(17)16-12-8-5-9-15-14(12)18/h2-4,6-7,10,12H,5,8-9H2,1H3,(H,15,18)(H,16,17)/t10-,12+/m1/s1. The summed E-state index contributed by atoms with van der Waals surface area (Å²) in [5.41, 5.74) is 0. The Labute approximate surface area is 112 Å². The van der Waals surface area contributed by atoms with Gasteiger partial charge in [-0.05, 0) is 31.9 Å². The molecule has 0 unspecified atom stereocenters. The molecule has 1 aromatic rings. The van der Waals surface area contributed by atoms with E-state index >= 15 is 0 Å². The van der Waals surface area contributed by atoms with Crippen molar-refractivity contribution in [2.45, 2.75) is 31.9 Å². The number of benzene rings is 1. The molecule has 0 aromatic heterocycles. The highest BCUT2D eigenvalue weighted by Gasteiger charge is 2.26. The van der Waals surface area contributed by atoms with E-state index in [1.807, 2.05) is 18.2 Å². The van der Waals surface area contributed by atoms with Crippen LogP contribution in [0.15, 0.2) is 30.3 Å². The van der Waals surface area contributed by atoms with Crippen LogP contribution in [0.1, 0.15) is 19.8 Å². The van der Waals surface area contributed by atoms with Crippen molar-refractivity contribution in [2.75, 3.05) is 6.54 Å². The van der Waals surface area contributed by atoms with Gasteiger partial charge in [0.1, 0.15) is 11.8 Å². The van der Waals surface area contributed by atoms with E-state index < -0.39 is 12.1 Å². The van der Waals surface area contributed by atoms with Gasteiger partial charge in [-0.3, -0.25) is 9.59 Å². The van der Waals surface area contributed by atoms with Crippen LogP contribution in [-0.2, 0) is 9.59 Å². The van der Waals surface area contributed by atoms with Crippen LogP contribution in [0, 0.1) is 0 Å². The second kappa shape index (κ2) is 6.22. The van der Waals surface area contributed by atoms with Crippen molar-refractivity contribution in [1.82, 2.24) is 10.6 Å². The number of nitrogens with one attached hydrogen (secondary N) is 2. The summed E-state index contributed by atoms with van der Waals surface area (Å²) in [7, 11) is 0. The molecular weight excluding hydrogens is 244 g/mol. The Kier molecular flexibility index (Phi) is 4.39. The van der Waals surface area contributed by atoms with E-state index in [1.54, 1.807) is 19.1 Å². The third-order valence-corrected chi connectivity index (χ3v) is 3.03. The van der Waals surface area contributed by atoms with Crippen molar-refractivity contribution in [3.05, 3.63) is 30.3 Å². The zero-order valence-corrected chi connectivity index (χ0v) is 10.9. The molecular formula is C14H18N2O3. The van der Waals surface area contributed by atoms with Crippen molar-refractivity contribution in [1.29, 1.82) is 0 Å². The van der Waals surface area contributed by atoms with Crippen LogP contribution < -0.4 is 15.4 Å². The molecule has 5 nitrogen and oxygen atoms in total. The van der Waals surface area contributed by atoms with Gasteiger partial charge in [-0.2, -0.15) is 0 Å². The van der Waals surface area contributed by atoms with E-state index in [1.165, 1.54) is 0 Å². The molecule has 1 heterocycles. The first-order valence-corrected chi connectivity index (χ1v) is 6.46. The van der Waals surface area contributed by atoms with E-state index in [4.69, 9.17) is 4.74 Å². The van der Waals surface area contributed by atoms with E-state index in [-0.39, 0.29) is 11.8 Å². The van der Waals surface area contributed by atoms with Gasteiger partial charge in [0.25, 0.3) is 5.91 Å². The maximum atomic E-state index is 11.9. The molecule has 0 spiro atoms. The minimum atomic E-state index is -0.628. The Morgan fingerprint density at radius 2 is 2.16 bits per heavy atom. The Balaban J connectivity index is 1.87. The van der Waals surface area contributed by atoms with Crippen LogP contribution in [0.5, 0.6) is 5.75 Å². The van der Waals surface area contributed by atoms with Crippen LogP contribution in [0.2, 0.25) is 0 Å². The molecule has 0 bridgehead atoms.